The van der Waals surface area contributed by atoms with E-state index < -0.39 is 12.0 Å². The average Bonchev–Trinajstić information content (AvgIpc) is 3.10. The number of anilines is 1. The van der Waals surface area contributed by atoms with Crippen molar-refractivity contribution in [3.63, 3.8) is 0 Å². The fraction of sp³-hybridized carbons (Fsp3) is 0.333. The maximum atomic E-state index is 13.4. The summed E-state index contributed by atoms with van der Waals surface area (Å²) in [5, 5.41) is 9.04. The summed E-state index contributed by atoms with van der Waals surface area (Å²) in [6.45, 7) is -0.222. The molecule has 1 unspecified atom stereocenters. The maximum absolute atomic E-state index is 13.4. The Labute approximate surface area is 176 Å². The standard InChI is InChI=1S/C21H19ClFN3O4/c22-13-6-5-12(7-14(13)23)29-8-17(27)25-20-9-21(10-20,11-20)26-18(28)19-24-15-3-1-2-4-16(15)30-19/h1-7,19,24H,8-11H2,(H,25,27)(H,26,28). The van der Waals surface area contributed by atoms with Gasteiger partial charge >= 0.3 is 0 Å². The Bertz CT molecular complexity index is 1000. The van der Waals surface area contributed by atoms with Crippen molar-refractivity contribution >= 4 is 29.1 Å². The summed E-state index contributed by atoms with van der Waals surface area (Å²) in [7, 11) is 0. The van der Waals surface area contributed by atoms with Gasteiger partial charge in [-0.3, -0.25) is 9.59 Å². The maximum Gasteiger partial charge on any atom is 0.282 e. The number of fused-ring (bicyclic) bond motifs is 1. The van der Waals surface area contributed by atoms with E-state index >= 15 is 0 Å². The fourth-order valence-electron chi connectivity index (χ4n) is 4.53. The Morgan fingerprint density at radius 3 is 2.63 bits per heavy atom. The molecule has 3 fully saturated rings. The van der Waals surface area contributed by atoms with Crippen molar-refractivity contribution in [2.24, 2.45) is 0 Å². The second-order valence-corrected chi connectivity index (χ2v) is 8.54. The molecular weight excluding hydrogens is 413 g/mol. The summed E-state index contributed by atoms with van der Waals surface area (Å²) in [5.41, 5.74) is 0.176. The molecule has 6 rings (SSSR count). The molecule has 0 aromatic heterocycles. The zero-order valence-corrected chi connectivity index (χ0v) is 16.6. The van der Waals surface area contributed by atoms with Gasteiger partial charge in [0.15, 0.2) is 6.61 Å². The van der Waals surface area contributed by atoms with Crippen LogP contribution in [-0.2, 0) is 9.59 Å². The van der Waals surface area contributed by atoms with E-state index in [2.05, 4.69) is 16.0 Å². The molecule has 3 saturated carbocycles. The van der Waals surface area contributed by atoms with Crippen LogP contribution < -0.4 is 25.4 Å². The quantitative estimate of drug-likeness (QED) is 0.654. The number of carbonyl (C=O) groups excluding carboxylic acids is 2. The van der Waals surface area contributed by atoms with Crippen molar-refractivity contribution in [3.05, 3.63) is 53.3 Å². The number of amides is 2. The molecule has 156 valence electrons. The van der Waals surface area contributed by atoms with E-state index in [4.69, 9.17) is 21.1 Å². The lowest BCUT2D eigenvalue weighted by Crippen LogP contribution is -2.84. The van der Waals surface area contributed by atoms with Crippen molar-refractivity contribution in [3.8, 4) is 11.5 Å². The van der Waals surface area contributed by atoms with Crippen molar-refractivity contribution in [2.75, 3.05) is 11.9 Å². The van der Waals surface area contributed by atoms with Crippen LogP contribution in [0.3, 0.4) is 0 Å². The molecule has 4 aliphatic rings. The number of ether oxygens (including phenoxy) is 2. The molecule has 0 spiro atoms. The number of carbonyl (C=O) groups is 2. The topological polar surface area (TPSA) is 88.7 Å². The van der Waals surface area contributed by atoms with Crippen LogP contribution in [0.5, 0.6) is 11.5 Å². The molecule has 3 N–H and O–H groups in total. The van der Waals surface area contributed by atoms with Gasteiger partial charge in [0.2, 0.25) is 6.23 Å². The third-order valence-electron chi connectivity index (χ3n) is 5.74. The molecule has 9 heteroatoms. The highest BCUT2D eigenvalue weighted by Gasteiger charge is 2.69. The molecule has 0 radical (unpaired) electrons. The summed E-state index contributed by atoms with van der Waals surface area (Å²) in [4.78, 5) is 24.7. The van der Waals surface area contributed by atoms with Crippen molar-refractivity contribution in [1.82, 2.24) is 10.6 Å². The van der Waals surface area contributed by atoms with Crippen LogP contribution in [0.25, 0.3) is 0 Å². The summed E-state index contributed by atoms with van der Waals surface area (Å²) in [6, 6.07) is 11.4. The number of para-hydroxylation sites is 2. The van der Waals surface area contributed by atoms with E-state index in [0.717, 1.165) is 11.8 Å². The summed E-state index contributed by atoms with van der Waals surface area (Å²) >= 11 is 5.62. The van der Waals surface area contributed by atoms with Crippen molar-refractivity contribution in [1.29, 1.82) is 0 Å². The minimum absolute atomic E-state index is 0.00454. The second-order valence-electron chi connectivity index (χ2n) is 8.13. The lowest BCUT2D eigenvalue weighted by Gasteiger charge is -2.70. The van der Waals surface area contributed by atoms with Crippen LogP contribution in [0, 0.1) is 5.82 Å². The number of benzene rings is 2. The molecule has 30 heavy (non-hydrogen) atoms. The van der Waals surface area contributed by atoms with Gasteiger partial charge in [-0.15, -0.1) is 0 Å². The van der Waals surface area contributed by atoms with Crippen molar-refractivity contribution < 1.29 is 23.5 Å². The minimum atomic E-state index is -0.755. The highest BCUT2D eigenvalue weighted by molar-refractivity contribution is 6.30. The highest BCUT2D eigenvalue weighted by Crippen LogP contribution is 2.60. The van der Waals surface area contributed by atoms with Gasteiger partial charge in [-0.1, -0.05) is 23.7 Å². The van der Waals surface area contributed by atoms with E-state index in [1.54, 1.807) is 0 Å². The second kappa shape index (κ2) is 6.77. The van der Waals surface area contributed by atoms with Gasteiger partial charge in [0, 0.05) is 17.1 Å². The van der Waals surface area contributed by atoms with Gasteiger partial charge in [-0.25, -0.2) is 4.39 Å². The normalized spacial score (nSPS) is 27.5. The Morgan fingerprint density at radius 1 is 1.17 bits per heavy atom. The number of halogens is 2. The number of hydrogen-bond donors (Lipinski definition) is 3. The van der Waals surface area contributed by atoms with Gasteiger partial charge in [0.25, 0.3) is 11.8 Å². The van der Waals surface area contributed by atoms with Crippen LogP contribution in [0.4, 0.5) is 10.1 Å². The third-order valence-corrected chi connectivity index (χ3v) is 6.05. The first-order chi connectivity index (χ1) is 14.4. The Balaban J connectivity index is 1.07. The summed E-state index contributed by atoms with van der Waals surface area (Å²) in [5.74, 6) is -0.228. The highest BCUT2D eigenvalue weighted by atomic mass is 35.5. The molecule has 2 amide bonds. The van der Waals surface area contributed by atoms with Crippen LogP contribution >= 0.6 is 11.6 Å². The van der Waals surface area contributed by atoms with Gasteiger partial charge in [0.1, 0.15) is 17.3 Å². The largest absolute Gasteiger partial charge is 0.484 e. The first-order valence-electron chi connectivity index (χ1n) is 9.59. The van der Waals surface area contributed by atoms with Gasteiger partial charge in [-0.2, -0.15) is 0 Å². The Kier molecular flexibility index (Phi) is 4.28. The zero-order valence-electron chi connectivity index (χ0n) is 15.8. The minimum Gasteiger partial charge on any atom is -0.484 e. The van der Waals surface area contributed by atoms with Gasteiger partial charge in [0.05, 0.1) is 10.7 Å². The van der Waals surface area contributed by atoms with E-state index in [9.17, 15) is 14.0 Å². The fourth-order valence-corrected chi connectivity index (χ4v) is 4.65. The molecule has 1 aliphatic heterocycles. The molecule has 1 atom stereocenters. The van der Waals surface area contributed by atoms with Crippen LogP contribution in [-0.4, -0.2) is 35.7 Å². The van der Waals surface area contributed by atoms with Gasteiger partial charge in [-0.05, 0) is 43.5 Å². The molecular formula is C21H19ClFN3O4. The van der Waals surface area contributed by atoms with Crippen LogP contribution in [0.15, 0.2) is 42.5 Å². The summed E-state index contributed by atoms with van der Waals surface area (Å²) < 4.78 is 24.4. The smallest absolute Gasteiger partial charge is 0.282 e. The molecule has 3 aliphatic carbocycles. The Hall–Kier alpha value is -3.00. The van der Waals surface area contributed by atoms with E-state index in [0.29, 0.717) is 25.0 Å². The van der Waals surface area contributed by atoms with Crippen LogP contribution in [0.2, 0.25) is 5.02 Å². The predicted molar refractivity (Wildman–Crippen MR) is 107 cm³/mol. The van der Waals surface area contributed by atoms with Gasteiger partial charge < -0.3 is 25.4 Å². The lowest BCUT2D eigenvalue weighted by atomic mass is 9.44. The monoisotopic (exact) mass is 431 g/mol. The molecule has 2 bridgehead atoms. The van der Waals surface area contributed by atoms with Crippen molar-refractivity contribution in [2.45, 2.75) is 36.6 Å². The number of hydrogen-bond acceptors (Lipinski definition) is 5. The van der Waals surface area contributed by atoms with E-state index in [-0.39, 0.29) is 40.3 Å². The van der Waals surface area contributed by atoms with Crippen LogP contribution in [0.1, 0.15) is 19.3 Å². The number of nitrogens with one attached hydrogen (secondary N) is 3. The van der Waals surface area contributed by atoms with E-state index in [1.165, 1.54) is 12.1 Å². The molecule has 7 nitrogen and oxygen atoms in total. The predicted octanol–water partition coefficient (Wildman–Crippen LogP) is 2.60. The molecule has 2 aromatic rings. The SMILES string of the molecule is O=C(COc1ccc(Cl)c(F)c1)NC12CC(NC(=O)C3Nc4ccccc4O3)(C1)C2. The lowest BCUT2D eigenvalue weighted by molar-refractivity contribution is -0.153. The van der Waals surface area contributed by atoms with E-state index in [1.807, 2.05) is 24.3 Å². The zero-order chi connectivity index (χ0) is 20.9. The number of rotatable bonds is 6. The molecule has 1 heterocycles. The summed E-state index contributed by atoms with van der Waals surface area (Å²) in [6.07, 6.45) is 1.22. The Morgan fingerprint density at radius 2 is 1.90 bits per heavy atom. The average molecular weight is 432 g/mol. The first kappa shape index (κ1) is 19.0. The third kappa shape index (κ3) is 3.31. The first-order valence-corrected chi connectivity index (χ1v) is 9.96. The molecule has 2 aromatic carbocycles. The molecule has 0 saturated heterocycles.